The summed E-state index contributed by atoms with van der Waals surface area (Å²) in [5.74, 6) is -1.14. The molecule has 1 heterocycles. The summed E-state index contributed by atoms with van der Waals surface area (Å²) in [6, 6.07) is 8.43. The Morgan fingerprint density at radius 3 is 2.62 bits per heavy atom. The number of carboxylic acid groups (broad SMARTS) is 1. The maximum absolute atomic E-state index is 12.4. The summed E-state index contributed by atoms with van der Waals surface area (Å²) in [7, 11) is 0. The van der Waals surface area contributed by atoms with E-state index in [9.17, 15) is 24.8 Å². The molecule has 0 aliphatic heterocycles. The van der Waals surface area contributed by atoms with E-state index in [-0.39, 0.29) is 16.7 Å². The molecule has 0 aliphatic carbocycles. The van der Waals surface area contributed by atoms with Crippen molar-refractivity contribution in [2.75, 3.05) is 0 Å². The number of aromatic carboxylic acids is 1. The van der Waals surface area contributed by atoms with Gasteiger partial charge in [0.05, 0.1) is 15.2 Å². The molecule has 0 atom stereocenters. The summed E-state index contributed by atoms with van der Waals surface area (Å²) in [5, 5.41) is 20.6. The summed E-state index contributed by atoms with van der Waals surface area (Å²) in [5.41, 5.74) is -0.440. The molecule has 21 heavy (non-hydrogen) atoms. The van der Waals surface area contributed by atoms with Gasteiger partial charge in [-0.2, -0.15) is 0 Å². The maximum Gasteiger partial charge on any atom is 0.337 e. The predicted molar refractivity (Wildman–Crippen MR) is 79.2 cm³/mol. The first kappa shape index (κ1) is 13.2. The van der Waals surface area contributed by atoms with Crippen LogP contribution in [0.4, 0.5) is 5.69 Å². The summed E-state index contributed by atoms with van der Waals surface area (Å²) in [6.45, 7) is 0. The number of carbonyl (C=O) groups is 1. The Morgan fingerprint density at radius 1 is 1.19 bits per heavy atom. The average molecular weight is 301 g/mol. The second-order valence-corrected chi connectivity index (χ2v) is 5.41. The Kier molecular flexibility index (Phi) is 2.91. The van der Waals surface area contributed by atoms with Crippen LogP contribution in [0.5, 0.6) is 0 Å². The third kappa shape index (κ3) is 2.03. The summed E-state index contributed by atoms with van der Waals surface area (Å²) >= 11 is 1.07. The van der Waals surface area contributed by atoms with Crippen LogP contribution >= 0.6 is 11.3 Å². The first-order valence-electron chi connectivity index (χ1n) is 5.86. The molecule has 0 bridgehead atoms. The van der Waals surface area contributed by atoms with Gasteiger partial charge in [0.1, 0.15) is 0 Å². The highest BCUT2D eigenvalue weighted by molar-refractivity contribution is 7.24. The smallest absolute Gasteiger partial charge is 0.337 e. The minimum atomic E-state index is -1.14. The highest BCUT2D eigenvalue weighted by atomic mass is 32.1. The van der Waals surface area contributed by atoms with Gasteiger partial charge in [-0.25, -0.2) is 4.79 Å². The molecule has 0 amide bonds. The highest BCUT2D eigenvalue weighted by Gasteiger charge is 2.15. The van der Waals surface area contributed by atoms with Gasteiger partial charge >= 0.3 is 5.97 Å². The van der Waals surface area contributed by atoms with Crippen LogP contribution in [0, 0.1) is 10.1 Å². The predicted octanol–water partition coefficient (Wildman–Crippen LogP) is 3.02. The lowest BCUT2D eigenvalue weighted by Gasteiger charge is -2.03. The van der Waals surface area contributed by atoms with E-state index in [1.54, 1.807) is 6.07 Å². The third-order valence-corrected chi connectivity index (χ3v) is 4.32. The van der Waals surface area contributed by atoms with Crippen molar-refractivity contribution in [3.8, 4) is 0 Å². The van der Waals surface area contributed by atoms with Gasteiger partial charge in [-0.3, -0.25) is 14.9 Å². The number of carboxylic acids is 1. The van der Waals surface area contributed by atoms with Crippen molar-refractivity contribution in [3.05, 3.63) is 62.3 Å². The zero-order valence-electron chi connectivity index (χ0n) is 10.4. The van der Waals surface area contributed by atoms with E-state index in [2.05, 4.69) is 0 Å². The molecule has 0 radical (unpaired) electrons. The number of non-ortho nitro benzene ring substituents is 1. The molecule has 0 aliphatic rings. The van der Waals surface area contributed by atoms with Crippen molar-refractivity contribution in [2.24, 2.45) is 0 Å². The number of nitro benzene ring substituents is 1. The van der Waals surface area contributed by atoms with E-state index in [1.807, 2.05) is 0 Å². The lowest BCUT2D eigenvalue weighted by molar-refractivity contribution is -0.384. The third-order valence-electron chi connectivity index (χ3n) is 3.12. The molecule has 0 unspecified atom stereocenters. The van der Waals surface area contributed by atoms with Crippen LogP contribution in [0.15, 0.2) is 41.2 Å². The SMILES string of the molecule is O=C(O)c1cccc2c(=O)c3ccc([N+](=O)[O-])cc3sc12. The standard InChI is InChI=1S/C14H7NO5S/c16-12-8-5-4-7(15(19)20)6-11(8)21-13-9(12)2-1-3-10(13)14(17)18/h1-6H,(H,17,18). The van der Waals surface area contributed by atoms with E-state index >= 15 is 0 Å². The van der Waals surface area contributed by atoms with E-state index in [0.717, 1.165) is 11.3 Å². The molecule has 1 N–H and O–H groups in total. The molecule has 2 aromatic carbocycles. The second-order valence-electron chi connectivity index (χ2n) is 4.36. The van der Waals surface area contributed by atoms with E-state index in [1.165, 1.54) is 30.3 Å². The zero-order chi connectivity index (χ0) is 15.1. The Morgan fingerprint density at radius 2 is 1.95 bits per heavy atom. The van der Waals surface area contributed by atoms with Crippen molar-refractivity contribution < 1.29 is 14.8 Å². The Bertz CT molecular complexity index is 976. The van der Waals surface area contributed by atoms with Crippen LogP contribution < -0.4 is 5.43 Å². The van der Waals surface area contributed by atoms with Gasteiger partial charge in [-0.1, -0.05) is 6.07 Å². The van der Waals surface area contributed by atoms with Crippen LogP contribution in [0.3, 0.4) is 0 Å². The van der Waals surface area contributed by atoms with Crippen LogP contribution in [-0.2, 0) is 0 Å². The van der Waals surface area contributed by atoms with Crippen molar-refractivity contribution in [1.82, 2.24) is 0 Å². The Labute approximate surface area is 121 Å². The van der Waals surface area contributed by atoms with Crippen LogP contribution in [0.2, 0.25) is 0 Å². The van der Waals surface area contributed by atoms with Gasteiger partial charge < -0.3 is 5.11 Å². The average Bonchev–Trinajstić information content (AvgIpc) is 2.46. The molecule has 0 saturated heterocycles. The number of nitro groups is 1. The van der Waals surface area contributed by atoms with Crippen LogP contribution in [0.1, 0.15) is 10.4 Å². The number of hydrogen-bond acceptors (Lipinski definition) is 5. The summed E-state index contributed by atoms with van der Waals surface area (Å²) < 4.78 is 0.721. The molecule has 7 heteroatoms. The fourth-order valence-electron chi connectivity index (χ4n) is 2.15. The molecule has 0 spiro atoms. The van der Waals surface area contributed by atoms with Crippen LogP contribution in [-0.4, -0.2) is 16.0 Å². The molecule has 1 aromatic heterocycles. The minimum Gasteiger partial charge on any atom is -0.478 e. The van der Waals surface area contributed by atoms with Crippen molar-refractivity contribution >= 4 is 43.2 Å². The molecule has 6 nitrogen and oxygen atoms in total. The Hall–Kier alpha value is -2.80. The van der Waals surface area contributed by atoms with Gasteiger partial charge in [0.25, 0.3) is 5.69 Å². The monoisotopic (exact) mass is 301 g/mol. The van der Waals surface area contributed by atoms with Crippen molar-refractivity contribution in [2.45, 2.75) is 0 Å². The topological polar surface area (TPSA) is 97.5 Å². The first-order valence-corrected chi connectivity index (χ1v) is 6.68. The number of rotatable bonds is 2. The molecule has 3 aromatic rings. The van der Waals surface area contributed by atoms with Gasteiger partial charge in [0.2, 0.25) is 0 Å². The fourth-order valence-corrected chi connectivity index (χ4v) is 3.35. The molecule has 104 valence electrons. The number of fused-ring (bicyclic) bond motifs is 2. The normalized spacial score (nSPS) is 10.9. The number of hydrogen-bond donors (Lipinski definition) is 1. The van der Waals surface area contributed by atoms with E-state index < -0.39 is 10.9 Å². The second kappa shape index (κ2) is 4.64. The van der Waals surface area contributed by atoms with E-state index in [0.29, 0.717) is 20.2 Å². The lowest BCUT2D eigenvalue weighted by Crippen LogP contribution is -2.04. The Balaban J connectivity index is 2.50. The molecular weight excluding hydrogens is 294 g/mol. The molecular formula is C14H7NO5S. The zero-order valence-corrected chi connectivity index (χ0v) is 11.2. The van der Waals surface area contributed by atoms with Gasteiger partial charge in [-0.15, -0.1) is 11.3 Å². The quantitative estimate of drug-likeness (QED) is 0.445. The van der Waals surface area contributed by atoms with Crippen LogP contribution in [0.25, 0.3) is 20.2 Å². The largest absolute Gasteiger partial charge is 0.478 e. The molecule has 3 rings (SSSR count). The summed E-state index contributed by atoms with van der Waals surface area (Å²) in [6.07, 6.45) is 0. The molecule has 0 saturated carbocycles. The lowest BCUT2D eigenvalue weighted by atomic mass is 10.1. The summed E-state index contributed by atoms with van der Waals surface area (Å²) in [4.78, 5) is 33.9. The maximum atomic E-state index is 12.4. The number of nitrogens with zero attached hydrogens (tertiary/aromatic N) is 1. The van der Waals surface area contributed by atoms with Gasteiger partial charge in [0.15, 0.2) is 5.43 Å². The number of benzene rings is 2. The van der Waals surface area contributed by atoms with Crippen molar-refractivity contribution in [3.63, 3.8) is 0 Å². The minimum absolute atomic E-state index is 0.0167. The van der Waals surface area contributed by atoms with Gasteiger partial charge in [-0.05, 0) is 18.2 Å². The highest BCUT2D eigenvalue weighted by Crippen LogP contribution is 2.29. The van der Waals surface area contributed by atoms with E-state index in [4.69, 9.17) is 0 Å². The van der Waals surface area contributed by atoms with Gasteiger partial charge in [0, 0.05) is 27.6 Å². The van der Waals surface area contributed by atoms with Crippen molar-refractivity contribution in [1.29, 1.82) is 0 Å². The first-order chi connectivity index (χ1) is 9.99. The fraction of sp³-hybridized carbons (Fsp3) is 0. The molecule has 0 fully saturated rings.